The van der Waals surface area contributed by atoms with E-state index in [2.05, 4.69) is 41.5 Å². The molecule has 2 N–H and O–H groups in total. The molecule has 0 radical (unpaired) electrons. The molecule has 0 aliphatic carbocycles. The predicted molar refractivity (Wildman–Crippen MR) is 94.3 cm³/mol. The largest absolute Gasteiger partial charge is 0.391 e. The minimum atomic E-state index is -0.438. The molecule has 7 heteroatoms. The first kappa shape index (κ1) is 16.9. The second-order valence-corrected chi connectivity index (χ2v) is 7.55. The van der Waals surface area contributed by atoms with Crippen LogP contribution in [0.1, 0.15) is 37.3 Å². The van der Waals surface area contributed by atoms with Gasteiger partial charge in [-0.1, -0.05) is 41.7 Å². The Morgan fingerprint density at radius 3 is 2.79 bits per heavy atom. The van der Waals surface area contributed by atoms with Gasteiger partial charge < -0.3 is 10.0 Å². The summed E-state index contributed by atoms with van der Waals surface area (Å²) in [5.74, 6) is 0. The third-order valence-electron chi connectivity index (χ3n) is 4.35. The highest BCUT2D eigenvalue weighted by Crippen LogP contribution is 2.34. The maximum atomic E-state index is 12.3. The van der Waals surface area contributed by atoms with Crippen molar-refractivity contribution in [1.82, 2.24) is 15.1 Å². The zero-order chi connectivity index (χ0) is 17.2. The van der Waals surface area contributed by atoms with Crippen molar-refractivity contribution in [1.29, 1.82) is 0 Å². The average Bonchev–Trinajstić information content (AvgIpc) is 3.05. The number of nitrogens with zero attached hydrogens (tertiary/aromatic N) is 3. The van der Waals surface area contributed by atoms with Crippen LogP contribution >= 0.6 is 11.3 Å². The quantitative estimate of drug-likeness (QED) is 0.896. The number of benzene rings is 1. The number of nitrogens with one attached hydrogen (secondary N) is 1. The Balaban J connectivity index is 1.70. The number of hydrogen-bond donors (Lipinski definition) is 2. The molecule has 1 aliphatic heterocycles. The predicted octanol–water partition coefficient (Wildman–Crippen LogP) is 2.85. The van der Waals surface area contributed by atoms with Crippen LogP contribution in [0.4, 0.5) is 9.93 Å². The van der Waals surface area contributed by atoms with Gasteiger partial charge in [0.15, 0.2) is 0 Å². The van der Waals surface area contributed by atoms with Crippen LogP contribution < -0.4 is 5.32 Å². The molecule has 1 aliphatic rings. The number of aromatic nitrogens is 2. The van der Waals surface area contributed by atoms with Gasteiger partial charge in [0, 0.05) is 18.5 Å². The number of aliphatic hydroxyl groups excluding tert-OH is 1. The third kappa shape index (κ3) is 3.57. The summed E-state index contributed by atoms with van der Waals surface area (Å²) in [6.07, 6.45) is 1.13. The monoisotopic (exact) mass is 346 g/mol. The van der Waals surface area contributed by atoms with Crippen LogP contribution in [0.25, 0.3) is 0 Å². The number of carbonyl (C=O) groups excluding carboxylic acids is 1. The van der Waals surface area contributed by atoms with E-state index in [0.29, 0.717) is 18.2 Å². The summed E-state index contributed by atoms with van der Waals surface area (Å²) in [6.45, 7) is 5.21. The molecule has 1 aromatic heterocycles. The van der Waals surface area contributed by atoms with Crippen molar-refractivity contribution in [3.63, 3.8) is 0 Å². The highest BCUT2D eigenvalue weighted by Gasteiger charge is 2.28. The average molecular weight is 346 g/mol. The van der Waals surface area contributed by atoms with Crippen molar-refractivity contribution < 1.29 is 9.90 Å². The normalized spacial score (nSPS) is 18.5. The standard InChI is InChI=1S/C17H22N4O2S/c1-17(2,12-7-4-3-5-8-12)14-19-20-15(24-14)18-16(23)21-10-6-9-13(22)11-21/h3-5,7-8,13,22H,6,9-11H2,1-2H3,(H,18,20,23). The third-order valence-corrected chi connectivity index (χ3v) is 5.52. The van der Waals surface area contributed by atoms with E-state index in [1.165, 1.54) is 11.3 Å². The molecule has 1 unspecified atom stereocenters. The Morgan fingerprint density at radius 2 is 2.08 bits per heavy atom. The van der Waals surface area contributed by atoms with Crippen LogP contribution in [-0.4, -0.2) is 45.4 Å². The molecule has 2 aromatic rings. The van der Waals surface area contributed by atoms with Crippen LogP contribution in [0.5, 0.6) is 0 Å². The fraction of sp³-hybridized carbons (Fsp3) is 0.471. The number of rotatable bonds is 3. The van der Waals surface area contributed by atoms with E-state index >= 15 is 0 Å². The lowest BCUT2D eigenvalue weighted by atomic mass is 9.85. The van der Waals surface area contributed by atoms with Crippen LogP contribution in [0, 0.1) is 0 Å². The van der Waals surface area contributed by atoms with Crippen molar-refractivity contribution in [2.45, 2.75) is 38.2 Å². The zero-order valence-corrected chi connectivity index (χ0v) is 14.7. The van der Waals surface area contributed by atoms with E-state index in [4.69, 9.17) is 0 Å². The van der Waals surface area contributed by atoms with Gasteiger partial charge in [-0.3, -0.25) is 5.32 Å². The summed E-state index contributed by atoms with van der Waals surface area (Å²) >= 11 is 1.38. The van der Waals surface area contributed by atoms with Crippen molar-refractivity contribution in [2.24, 2.45) is 0 Å². The minimum Gasteiger partial charge on any atom is -0.391 e. The van der Waals surface area contributed by atoms with Crippen LogP contribution in [-0.2, 0) is 5.41 Å². The number of urea groups is 1. The summed E-state index contributed by atoms with van der Waals surface area (Å²) in [5, 5.41) is 22.2. The molecule has 2 amide bonds. The molecule has 2 heterocycles. The number of piperidine rings is 1. The molecule has 0 spiro atoms. The van der Waals surface area contributed by atoms with Crippen LogP contribution in [0.3, 0.4) is 0 Å². The SMILES string of the molecule is CC(C)(c1ccccc1)c1nnc(NC(=O)N2CCCC(O)C2)s1. The second-order valence-electron chi connectivity index (χ2n) is 6.58. The fourth-order valence-electron chi connectivity index (χ4n) is 2.81. The number of amides is 2. The van der Waals surface area contributed by atoms with E-state index in [1.807, 2.05) is 18.2 Å². The Kier molecular flexibility index (Phi) is 4.82. The Labute approximate surface area is 145 Å². The summed E-state index contributed by atoms with van der Waals surface area (Å²) in [7, 11) is 0. The minimum absolute atomic E-state index is 0.228. The number of anilines is 1. The lowest BCUT2D eigenvalue weighted by Gasteiger charge is -2.29. The molecular weight excluding hydrogens is 324 g/mol. The molecule has 1 aromatic carbocycles. The summed E-state index contributed by atoms with van der Waals surface area (Å²) in [4.78, 5) is 13.9. The van der Waals surface area contributed by atoms with Crippen molar-refractivity contribution >= 4 is 22.5 Å². The Bertz CT molecular complexity index is 702. The Hall–Kier alpha value is -1.99. The van der Waals surface area contributed by atoms with Crippen LogP contribution in [0.2, 0.25) is 0 Å². The van der Waals surface area contributed by atoms with Gasteiger partial charge in [-0.2, -0.15) is 0 Å². The van der Waals surface area contributed by atoms with E-state index in [0.717, 1.165) is 23.4 Å². The van der Waals surface area contributed by atoms with E-state index in [1.54, 1.807) is 4.90 Å². The molecule has 0 saturated carbocycles. The fourth-order valence-corrected chi connectivity index (χ4v) is 3.67. The van der Waals surface area contributed by atoms with Crippen molar-refractivity contribution in [3.8, 4) is 0 Å². The molecular formula is C17H22N4O2S. The van der Waals surface area contributed by atoms with Crippen LogP contribution in [0.15, 0.2) is 30.3 Å². The first-order valence-electron chi connectivity index (χ1n) is 8.10. The van der Waals surface area contributed by atoms with Gasteiger partial charge in [-0.25, -0.2) is 4.79 Å². The number of β-amino-alcohol motifs (C(OH)–C–C–N with tert-alkyl or cyclic N) is 1. The number of aliphatic hydroxyl groups is 1. The lowest BCUT2D eigenvalue weighted by molar-refractivity contribution is 0.0883. The number of likely N-dealkylation sites (tertiary alicyclic amines) is 1. The Morgan fingerprint density at radius 1 is 1.33 bits per heavy atom. The topological polar surface area (TPSA) is 78.4 Å². The highest BCUT2D eigenvalue weighted by molar-refractivity contribution is 7.15. The molecule has 1 atom stereocenters. The van der Waals surface area contributed by atoms with Gasteiger partial charge in [0.1, 0.15) is 5.01 Å². The highest BCUT2D eigenvalue weighted by atomic mass is 32.1. The van der Waals surface area contributed by atoms with Crippen molar-refractivity contribution in [3.05, 3.63) is 40.9 Å². The van der Waals surface area contributed by atoms with Gasteiger partial charge in [0.05, 0.1) is 6.10 Å². The van der Waals surface area contributed by atoms with Gasteiger partial charge in [0.25, 0.3) is 0 Å². The molecule has 6 nitrogen and oxygen atoms in total. The van der Waals surface area contributed by atoms with Gasteiger partial charge in [-0.05, 0) is 32.3 Å². The maximum Gasteiger partial charge on any atom is 0.323 e. The molecule has 3 rings (SSSR count). The van der Waals surface area contributed by atoms with Crippen molar-refractivity contribution in [2.75, 3.05) is 18.4 Å². The molecule has 24 heavy (non-hydrogen) atoms. The number of hydrogen-bond acceptors (Lipinski definition) is 5. The maximum absolute atomic E-state index is 12.3. The first-order chi connectivity index (χ1) is 11.5. The molecule has 1 saturated heterocycles. The molecule has 128 valence electrons. The second kappa shape index (κ2) is 6.86. The van der Waals surface area contributed by atoms with E-state index in [9.17, 15) is 9.90 Å². The van der Waals surface area contributed by atoms with Gasteiger partial charge in [0.2, 0.25) is 5.13 Å². The molecule has 0 bridgehead atoms. The smallest absolute Gasteiger partial charge is 0.323 e. The zero-order valence-electron chi connectivity index (χ0n) is 13.9. The van der Waals surface area contributed by atoms with Gasteiger partial charge in [-0.15, -0.1) is 10.2 Å². The van der Waals surface area contributed by atoms with E-state index < -0.39 is 6.10 Å². The first-order valence-corrected chi connectivity index (χ1v) is 8.92. The summed E-state index contributed by atoms with van der Waals surface area (Å²) in [6, 6.07) is 9.89. The summed E-state index contributed by atoms with van der Waals surface area (Å²) in [5.41, 5.74) is 0.877. The van der Waals surface area contributed by atoms with E-state index in [-0.39, 0.29) is 11.4 Å². The summed E-state index contributed by atoms with van der Waals surface area (Å²) < 4.78 is 0. The lowest BCUT2D eigenvalue weighted by Crippen LogP contribution is -2.44. The van der Waals surface area contributed by atoms with Gasteiger partial charge >= 0.3 is 6.03 Å². The molecule has 1 fully saturated rings. The number of carbonyl (C=O) groups is 1.